The minimum absolute atomic E-state index is 0.174. The zero-order valence-electron chi connectivity index (χ0n) is 13.2. The number of halogens is 1. The van der Waals surface area contributed by atoms with Crippen molar-refractivity contribution in [2.24, 2.45) is 0 Å². The quantitative estimate of drug-likeness (QED) is 0.691. The number of fused-ring (bicyclic) bond motifs is 1. The van der Waals surface area contributed by atoms with Crippen LogP contribution in [0.15, 0.2) is 41.6 Å². The van der Waals surface area contributed by atoms with Crippen molar-refractivity contribution in [3.05, 3.63) is 47.8 Å². The lowest BCUT2D eigenvalue weighted by Gasteiger charge is -2.07. The monoisotopic (exact) mass is 345 g/mol. The van der Waals surface area contributed by atoms with Gasteiger partial charge in [0.05, 0.1) is 23.9 Å². The number of nitrogens with one attached hydrogen (secondary N) is 2. The van der Waals surface area contributed by atoms with Gasteiger partial charge in [-0.2, -0.15) is 0 Å². The summed E-state index contributed by atoms with van der Waals surface area (Å²) in [4.78, 5) is 19.6. The first kappa shape index (κ1) is 16.3. The molecule has 0 bridgehead atoms. The first-order valence-electron chi connectivity index (χ1n) is 7.28. The molecular formula is C17H16FN3O2S. The van der Waals surface area contributed by atoms with Crippen LogP contribution in [-0.4, -0.2) is 28.7 Å². The number of H-pyrrole nitrogens is 1. The Balaban J connectivity index is 1.64. The van der Waals surface area contributed by atoms with E-state index >= 15 is 0 Å². The summed E-state index contributed by atoms with van der Waals surface area (Å²) in [6.45, 7) is 1.81. The van der Waals surface area contributed by atoms with Crippen molar-refractivity contribution >= 4 is 34.4 Å². The molecule has 0 aliphatic heterocycles. The van der Waals surface area contributed by atoms with Gasteiger partial charge in [0.2, 0.25) is 5.91 Å². The SMILES string of the molecule is COc1ccc2nc(SCC(=O)Nc3cc(F)ccc3C)[nH]c2c1. The van der Waals surface area contributed by atoms with E-state index in [1.54, 1.807) is 13.2 Å². The molecule has 124 valence electrons. The number of hydrogen-bond donors (Lipinski definition) is 2. The molecule has 0 spiro atoms. The highest BCUT2D eigenvalue weighted by Gasteiger charge is 2.09. The van der Waals surface area contributed by atoms with Crippen LogP contribution in [0.4, 0.5) is 10.1 Å². The third-order valence-corrected chi connectivity index (χ3v) is 4.35. The highest BCUT2D eigenvalue weighted by Crippen LogP contribution is 2.23. The van der Waals surface area contributed by atoms with Crippen LogP contribution in [-0.2, 0) is 4.79 Å². The Labute approximate surface area is 142 Å². The van der Waals surface area contributed by atoms with Gasteiger partial charge >= 0.3 is 0 Å². The number of anilines is 1. The van der Waals surface area contributed by atoms with E-state index in [2.05, 4.69) is 15.3 Å². The van der Waals surface area contributed by atoms with E-state index in [0.29, 0.717) is 10.8 Å². The number of rotatable bonds is 5. The first-order chi connectivity index (χ1) is 11.5. The summed E-state index contributed by atoms with van der Waals surface area (Å²) in [5.74, 6) is 0.316. The topological polar surface area (TPSA) is 67.0 Å². The van der Waals surface area contributed by atoms with Crippen molar-refractivity contribution in [1.29, 1.82) is 0 Å². The number of carbonyl (C=O) groups excluding carboxylic acids is 1. The lowest BCUT2D eigenvalue weighted by Crippen LogP contribution is -2.15. The summed E-state index contributed by atoms with van der Waals surface area (Å²) >= 11 is 1.28. The van der Waals surface area contributed by atoms with Gasteiger partial charge in [-0.1, -0.05) is 17.8 Å². The van der Waals surface area contributed by atoms with Crippen LogP contribution in [0.25, 0.3) is 11.0 Å². The number of aromatic nitrogens is 2. The Morgan fingerprint density at radius 2 is 2.17 bits per heavy atom. The molecule has 24 heavy (non-hydrogen) atoms. The number of thioether (sulfide) groups is 1. The first-order valence-corrected chi connectivity index (χ1v) is 8.26. The maximum atomic E-state index is 13.2. The number of aryl methyl sites for hydroxylation is 1. The molecule has 2 N–H and O–H groups in total. The predicted octanol–water partition coefficient (Wildman–Crippen LogP) is 3.75. The van der Waals surface area contributed by atoms with Crippen molar-refractivity contribution < 1.29 is 13.9 Å². The Hall–Kier alpha value is -2.54. The third-order valence-electron chi connectivity index (χ3n) is 3.48. The number of hydrogen-bond acceptors (Lipinski definition) is 4. The average molecular weight is 345 g/mol. The normalized spacial score (nSPS) is 10.8. The fourth-order valence-electron chi connectivity index (χ4n) is 2.21. The van der Waals surface area contributed by atoms with Crippen LogP contribution < -0.4 is 10.1 Å². The van der Waals surface area contributed by atoms with E-state index in [1.807, 2.05) is 25.1 Å². The van der Waals surface area contributed by atoms with Gasteiger partial charge < -0.3 is 15.0 Å². The smallest absolute Gasteiger partial charge is 0.234 e. The minimum Gasteiger partial charge on any atom is -0.497 e. The van der Waals surface area contributed by atoms with E-state index in [0.717, 1.165) is 22.3 Å². The number of nitrogens with zero attached hydrogens (tertiary/aromatic N) is 1. The molecule has 3 aromatic rings. The zero-order chi connectivity index (χ0) is 17.1. The van der Waals surface area contributed by atoms with Gasteiger partial charge in [0, 0.05) is 11.8 Å². The molecule has 3 rings (SSSR count). The largest absolute Gasteiger partial charge is 0.497 e. The van der Waals surface area contributed by atoms with Crippen LogP contribution in [0.2, 0.25) is 0 Å². The average Bonchev–Trinajstić information content (AvgIpc) is 2.98. The molecule has 1 heterocycles. The van der Waals surface area contributed by atoms with Gasteiger partial charge in [-0.05, 0) is 36.8 Å². The van der Waals surface area contributed by atoms with E-state index in [9.17, 15) is 9.18 Å². The third kappa shape index (κ3) is 3.68. The van der Waals surface area contributed by atoms with Gasteiger partial charge in [0.25, 0.3) is 0 Å². The lowest BCUT2D eigenvalue weighted by molar-refractivity contribution is -0.113. The van der Waals surface area contributed by atoms with Crippen LogP contribution in [0, 0.1) is 12.7 Å². The van der Waals surface area contributed by atoms with Gasteiger partial charge in [0.1, 0.15) is 11.6 Å². The van der Waals surface area contributed by atoms with Gasteiger partial charge in [-0.25, -0.2) is 9.37 Å². The summed E-state index contributed by atoms with van der Waals surface area (Å²) in [6.07, 6.45) is 0. The number of imidazole rings is 1. The summed E-state index contributed by atoms with van der Waals surface area (Å²) in [7, 11) is 1.60. The lowest BCUT2D eigenvalue weighted by atomic mass is 10.2. The van der Waals surface area contributed by atoms with Crippen molar-refractivity contribution in [2.45, 2.75) is 12.1 Å². The summed E-state index contributed by atoms with van der Waals surface area (Å²) in [5.41, 5.74) is 2.94. The van der Waals surface area contributed by atoms with E-state index < -0.39 is 0 Å². The number of carbonyl (C=O) groups is 1. The summed E-state index contributed by atoms with van der Waals surface area (Å²) in [5, 5.41) is 3.35. The fourth-order valence-corrected chi connectivity index (χ4v) is 2.89. The Morgan fingerprint density at radius 1 is 1.33 bits per heavy atom. The van der Waals surface area contributed by atoms with Crippen LogP contribution in [0.5, 0.6) is 5.75 Å². The van der Waals surface area contributed by atoms with E-state index in [1.165, 1.54) is 23.9 Å². The molecule has 0 radical (unpaired) electrons. The van der Waals surface area contributed by atoms with Crippen LogP contribution >= 0.6 is 11.8 Å². The Kier molecular flexibility index (Phi) is 4.71. The maximum Gasteiger partial charge on any atom is 0.234 e. The van der Waals surface area contributed by atoms with Crippen LogP contribution in [0.1, 0.15) is 5.56 Å². The second-order valence-electron chi connectivity index (χ2n) is 5.22. The molecule has 0 aliphatic carbocycles. The van der Waals surface area contributed by atoms with Crippen molar-refractivity contribution in [1.82, 2.24) is 9.97 Å². The second kappa shape index (κ2) is 6.92. The van der Waals surface area contributed by atoms with E-state index in [4.69, 9.17) is 4.74 Å². The van der Waals surface area contributed by atoms with Crippen molar-refractivity contribution in [3.8, 4) is 5.75 Å². The highest BCUT2D eigenvalue weighted by atomic mass is 32.2. The van der Waals surface area contributed by atoms with Crippen molar-refractivity contribution in [2.75, 3.05) is 18.2 Å². The van der Waals surface area contributed by atoms with E-state index in [-0.39, 0.29) is 17.5 Å². The molecule has 5 nitrogen and oxygen atoms in total. The summed E-state index contributed by atoms with van der Waals surface area (Å²) < 4.78 is 18.4. The molecular weight excluding hydrogens is 329 g/mol. The molecule has 0 aliphatic rings. The molecule has 0 atom stereocenters. The Morgan fingerprint density at radius 3 is 2.96 bits per heavy atom. The minimum atomic E-state index is -0.380. The number of methoxy groups -OCH3 is 1. The zero-order valence-corrected chi connectivity index (χ0v) is 14.0. The molecule has 1 aromatic heterocycles. The number of aromatic amines is 1. The molecule has 0 fully saturated rings. The van der Waals surface area contributed by atoms with Crippen LogP contribution in [0.3, 0.4) is 0 Å². The standard InChI is InChI=1S/C17H16FN3O2S/c1-10-3-4-11(18)7-14(10)19-16(22)9-24-17-20-13-6-5-12(23-2)8-15(13)21-17/h3-8H,9H2,1-2H3,(H,19,22)(H,20,21). The number of ether oxygens (including phenoxy) is 1. The predicted molar refractivity (Wildman–Crippen MR) is 93.1 cm³/mol. The number of amides is 1. The molecule has 0 saturated carbocycles. The molecule has 1 amide bonds. The van der Waals surface area contributed by atoms with Gasteiger partial charge in [0.15, 0.2) is 5.16 Å². The van der Waals surface area contributed by atoms with Crippen molar-refractivity contribution in [3.63, 3.8) is 0 Å². The highest BCUT2D eigenvalue weighted by molar-refractivity contribution is 7.99. The summed E-state index contributed by atoms with van der Waals surface area (Å²) in [6, 6.07) is 9.84. The molecule has 0 saturated heterocycles. The van der Waals surface area contributed by atoms with Gasteiger partial charge in [-0.3, -0.25) is 4.79 Å². The molecule has 0 unspecified atom stereocenters. The fraction of sp³-hybridized carbons (Fsp3) is 0.176. The van der Waals surface area contributed by atoms with Gasteiger partial charge in [-0.15, -0.1) is 0 Å². The number of benzene rings is 2. The molecule has 7 heteroatoms. The molecule has 2 aromatic carbocycles. The second-order valence-corrected chi connectivity index (χ2v) is 6.19. The maximum absolute atomic E-state index is 13.2. The Bertz CT molecular complexity index is 895.